The summed E-state index contributed by atoms with van der Waals surface area (Å²) in [6.07, 6.45) is 5.26. The van der Waals surface area contributed by atoms with E-state index < -0.39 is 0 Å². The molecule has 0 fully saturated rings. The summed E-state index contributed by atoms with van der Waals surface area (Å²) in [6.45, 7) is 7.67. The highest BCUT2D eigenvalue weighted by Gasteiger charge is 2.27. The SMILES string of the molecule is C=CC1=C(C)C(Cc2[nH]cc(CCC(=O)OC)c2C)NC1=O. The number of esters is 1. The van der Waals surface area contributed by atoms with Crippen molar-refractivity contribution in [3.8, 4) is 0 Å². The molecule has 2 N–H and O–H groups in total. The van der Waals surface area contributed by atoms with Crippen LogP contribution in [0.5, 0.6) is 0 Å². The molecule has 1 atom stereocenters. The molecular weight excluding hydrogens is 280 g/mol. The van der Waals surface area contributed by atoms with Crippen LogP contribution in [-0.2, 0) is 27.2 Å². The minimum Gasteiger partial charge on any atom is -0.469 e. The van der Waals surface area contributed by atoms with E-state index in [1.54, 1.807) is 6.08 Å². The Balaban J connectivity index is 2.07. The molecule has 0 aliphatic carbocycles. The zero-order valence-electron chi connectivity index (χ0n) is 13.3. The highest BCUT2D eigenvalue weighted by Crippen LogP contribution is 2.23. The number of aromatic amines is 1. The summed E-state index contributed by atoms with van der Waals surface area (Å²) in [7, 11) is 1.40. The summed E-state index contributed by atoms with van der Waals surface area (Å²) < 4.78 is 4.66. The Morgan fingerprint density at radius 3 is 2.77 bits per heavy atom. The van der Waals surface area contributed by atoms with Gasteiger partial charge in [-0.15, -0.1) is 0 Å². The van der Waals surface area contributed by atoms with Crippen LogP contribution in [-0.4, -0.2) is 30.0 Å². The van der Waals surface area contributed by atoms with E-state index >= 15 is 0 Å². The van der Waals surface area contributed by atoms with Gasteiger partial charge in [0.1, 0.15) is 0 Å². The summed E-state index contributed by atoms with van der Waals surface area (Å²) in [5.41, 5.74) is 5.01. The third-order valence-corrected chi connectivity index (χ3v) is 4.29. The van der Waals surface area contributed by atoms with Gasteiger partial charge < -0.3 is 15.0 Å². The zero-order valence-corrected chi connectivity index (χ0v) is 13.3. The Morgan fingerprint density at radius 1 is 1.45 bits per heavy atom. The third-order valence-electron chi connectivity index (χ3n) is 4.29. The summed E-state index contributed by atoms with van der Waals surface area (Å²) in [6, 6.07) is -0.00805. The molecule has 2 rings (SSSR count). The number of ether oxygens (including phenoxy) is 1. The van der Waals surface area contributed by atoms with Crippen molar-refractivity contribution in [3.05, 3.63) is 46.8 Å². The first kappa shape index (κ1) is 16.1. The number of methoxy groups -OCH3 is 1. The number of carbonyl (C=O) groups is 2. The number of H-pyrrole nitrogens is 1. The molecule has 1 amide bonds. The van der Waals surface area contributed by atoms with Crippen molar-refractivity contribution in [1.29, 1.82) is 0 Å². The lowest BCUT2D eigenvalue weighted by Gasteiger charge is -2.12. The molecule has 22 heavy (non-hydrogen) atoms. The lowest BCUT2D eigenvalue weighted by molar-refractivity contribution is -0.140. The Bertz CT molecular complexity index is 640. The average molecular weight is 302 g/mol. The minimum atomic E-state index is -0.209. The fourth-order valence-corrected chi connectivity index (χ4v) is 2.77. The van der Waals surface area contributed by atoms with Crippen LogP contribution >= 0.6 is 0 Å². The van der Waals surface area contributed by atoms with E-state index in [2.05, 4.69) is 21.6 Å². The molecule has 2 heterocycles. The fourth-order valence-electron chi connectivity index (χ4n) is 2.77. The molecular formula is C17H22N2O3. The van der Waals surface area contributed by atoms with Gasteiger partial charge in [-0.3, -0.25) is 9.59 Å². The van der Waals surface area contributed by atoms with Crippen LogP contribution in [0.15, 0.2) is 30.0 Å². The summed E-state index contributed by atoms with van der Waals surface area (Å²) in [5.74, 6) is -0.271. The number of rotatable bonds is 6. The Labute approximate surface area is 130 Å². The van der Waals surface area contributed by atoms with Crippen LogP contribution in [0.25, 0.3) is 0 Å². The first-order valence-corrected chi connectivity index (χ1v) is 7.34. The maximum atomic E-state index is 11.8. The molecule has 1 aromatic heterocycles. The predicted molar refractivity (Wildman–Crippen MR) is 84.4 cm³/mol. The van der Waals surface area contributed by atoms with Crippen LogP contribution in [0.2, 0.25) is 0 Å². The second kappa shape index (κ2) is 6.64. The Hall–Kier alpha value is -2.30. The second-order valence-electron chi connectivity index (χ2n) is 5.52. The molecule has 5 nitrogen and oxygen atoms in total. The summed E-state index contributed by atoms with van der Waals surface area (Å²) in [5, 5.41) is 2.97. The van der Waals surface area contributed by atoms with Crippen molar-refractivity contribution >= 4 is 11.9 Å². The molecule has 0 spiro atoms. The Kier molecular flexibility index (Phi) is 4.85. The van der Waals surface area contributed by atoms with Gasteiger partial charge in [-0.2, -0.15) is 0 Å². The molecule has 1 unspecified atom stereocenters. The van der Waals surface area contributed by atoms with Gasteiger partial charge in [-0.05, 0) is 37.0 Å². The molecule has 0 saturated heterocycles. The van der Waals surface area contributed by atoms with Crippen molar-refractivity contribution < 1.29 is 14.3 Å². The van der Waals surface area contributed by atoms with Crippen molar-refractivity contribution in [2.24, 2.45) is 0 Å². The first-order chi connectivity index (χ1) is 10.5. The van der Waals surface area contributed by atoms with Gasteiger partial charge in [0.25, 0.3) is 5.91 Å². The fraction of sp³-hybridized carbons (Fsp3) is 0.412. The Morgan fingerprint density at radius 2 is 2.18 bits per heavy atom. The molecule has 0 saturated carbocycles. The van der Waals surface area contributed by atoms with E-state index in [1.807, 2.05) is 20.0 Å². The van der Waals surface area contributed by atoms with E-state index in [0.29, 0.717) is 24.8 Å². The van der Waals surface area contributed by atoms with Gasteiger partial charge in [0.05, 0.1) is 13.2 Å². The quantitative estimate of drug-likeness (QED) is 0.789. The standard InChI is InChI=1S/C17H22N2O3/c1-5-13-11(3)15(19-17(13)21)8-14-10(2)12(9-18-14)6-7-16(20)22-4/h5,9,15,18H,1,6-8H2,2-4H3,(H,19,21). The molecule has 0 bridgehead atoms. The number of aryl methyl sites for hydroxylation is 1. The minimum absolute atomic E-state index is 0.00805. The second-order valence-corrected chi connectivity index (χ2v) is 5.52. The molecule has 1 aliphatic heterocycles. The summed E-state index contributed by atoms with van der Waals surface area (Å²) in [4.78, 5) is 26.3. The van der Waals surface area contributed by atoms with Gasteiger partial charge in [-0.1, -0.05) is 12.7 Å². The van der Waals surface area contributed by atoms with E-state index in [1.165, 1.54) is 7.11 Å². The van der Waals surface area contributed by atoms with E-state index in [-0.39, 0.29) is 17.9 Å². The maximum Gasteiger partial charge on any atom is 0.305 e. The van der Waals surface area contributed by atoms with Gasteiger partial charge in [0, 0.05) is 30.3 Å². The third kappa shape index (κ3) is 3.13. The summed E-state index contributed by atoms with van der Waals surface area (Å²) >= 11 is 0. The number of hydrogen-bond acceptors (Lipinski definition) is 3. The van der Waals surface area contributed by atoms with Crippen LogP contribution in [0.1, 0.15) is 30.2 Å². The van der Waals surface area contributed by atoms with Crippen molar-refractivity contribution in [2.45, 2.75) is 39.2 Å². The topological polar surface area (TPSA) is 71.2 Å². The van der Waals surface area contributed by atoms with E-state index in [4.69, 9.17) is 0 Å². The van der Waals surface area contributed by atoms with Gasteiger partial charge in [-0.25, -0.2) is 0 Å². The number of carbonyl (C=O) groups excluding carboxylic acids is 2. The molecule has 5 heteroatoms. The number of aromatic nitrogens is 1. The molecule has 1 aromatic rings. The zero-order chi connectivity index (χ0) is 16.3. The molecule has 0 aromatic carbocycles. The van der Waals surface area contributed by atoms with Crippen LogP contribution in [0.3, 0.4) is 0 Å². The first-order valence-electron chi connectivity index (χ1n) is 7.34. The van der Waals surface area contributed by atoms with Crippen LogP contribution in [0, 0.1) is 6.92 Å². The van der Waals surface area contributed by atoms with Gasteiger partial charge in [0.2, 0.25) is 0 Å². The van der Waals surface area contributed by atoms with Gasteiger partial charge in [0.15, 0.2) is 0 Å². The molecule has 0 radical (unpaired) electrons. The van der Waals surface area contributed by atoms with E-state index in [0.717, 1.165) is 22.4 Å². The monoisotopic (exact) mass is 302 g/mol. The largest absolute Gasteiger partial charge is 0.469 e. The maximum absolute atomic E-state index is 11.8. The highest BCUT2D eigenvalue weighted by molar-refractivity contribution is 6.00. The average Bonchev–Trinajstić information content (AvgIpc) is 2.98. The van der Waals surface area contributed by atoms with Crippen molar-refractivity contribution in [2.75, 3.05) is 7.11 Å². The van der Waals surface area contributed by atoms with Crippen LogP contribution in [0.4, 0.5) is 0 Å². The van der Waals surface area contributed by atoms with E-state index in [9.17, 15) is 9.59 Å². The molecule has 1 aliphatic rings. The predicted octanol–water partition coefficient (Wildman–Crippen LogP) is 1.97. The smallest absolute Gasteiger partial charge is 0.305 e. The number of hydrogen-bond donors (Lipinski definition) is 2. The lowest BCUT2D eigenvalue weighted by Crippen LogP contribution is -2.30. The lowest BCUT2D eigenvalue weighted by atomic mass is 9.99. The number of amides is 1. The van der Waals surface area contributed by atoms with Crippen molar-refractivity contribution in [3.63, 3.8) is 0 Å². The normalized spacial score (nSPS) is 17.6. The van der Waals surface area contributed by atoms with Crippen molar-refractivity contribution in [1.82, 2.24) is 10.3 Å². The number of nitrogens with one attached hydrogen (secondary N) is 2. The molecule has 118 valence electrons. The van der Waals surface area contributed by atoms with Crippen LogP contribution < -0.4 is 5.32 Å². The van der Waals surface area contributed by atoms with Gasteiger partial charge >= 0.3 is 5.97 Å². The highest BCUT2D eigenvalue weighted by atomic mass is 16.5.